The number of ether oxygens (including phenoxy) is 1. The van der Waals surface area contributed by atoms with Crippen LogP contribution < -0.4 is 5.32 Å². The number of hydrogen-bond donors (Lipinski definition) is 2. The Morgan fingerprint density at radius 2 is 2.04 bits per heavy atom. The minimum absolute atomic E-state index is 0.135. The van der Waals surface area contributed by atoms with Gasteiger partial charge in [-0.3, -0.25) is 14.5 Å². The summed E-state index contributed by atoms with van der Waals surface area (Å²) in [6, 6.07) is 7.58. The van der Waals surface area contributed by atoms with Crippen LogP contribution in [-0.4, -0.2) is 46.6 Å². The highest BCUT2D eigenvalue weighted by molar-refractivity contribution is 5.89. The fraction of sp³-hybridized carbons (Fsp3) is 0.438. The molecule has 2 atom stereocenters. The second-order valence-electron chi connectivity index (χ2n) is 5.46. The van der Waals surface area contributed by atoms with Crippen molar-refractivity contribution in [1.82, 2.24) is 10.2 Å². The zero-order valence-corrected chi connectivity index (χ0v) is 12.9. The first-order valence-corrected chi connectivity index (χ1v) is 7.49. The lowest BCUT2D eigenvalue weighted by molar-refractivity contribution is -0.141. The predicted octanol–water partition coefficient (Wildman–Crippen LogP) is 1.38. The van der Waals surface area contributed by atoms with Gasteiger partial charge in [-0.1, -0.05) is 30.3 Å². The van der Waals surface area contributed by atoms with E-state index in [-0.39, 0.29) is 6.61 Å². The van der Waals surface area contributed by atoms with Crippen LogP contribution in [0.25, 0.3) is 0 Å². The summed E-state index contributed by atoms with van der Waals surface area (Å²) in [5.74, 6) is -1.58. The number of carbonyl (C=O) groups excluding carboxylic acids is 2. The Morgan fingerprint density at radius 1 is 1.35 bits per heavy atom. The van der Waals surface area contributed by atoms with Gasteiger partial charge in [-0.15, -0.1) is 0 Å². The first-order chi connectivity index (χ1) is 11.0. The molecule has 23 heavy (non-hydrogen) atoms. The summed E-state index contributed by atoms with van der Waals surface area (Å²) >= 11 is 0. The lowest BCUT2D eigenvalue weighted by Gasteiger charge is -2.24. The molecule has 1 aliphatic rings. The van der Waals surface area contributed by atoms with Gasteiger partial charge in [0.1, 0.15) is 18.7 Å². The van der Waals surface area contributed by atoms with Gasteiger partial charge >= 0.3 is 12.1 Å². The lowest BCUT2D eigenvalue weighted by atomic mass is 10.2. The van der Waals surface area contributed by atoms with Crippen LogP contribution in [0.3, 0.4) is 0 Å². The third-order valence-corrected chi connectivity index (χ3v) is 3.72. The van der Waals surface area contributed by atoms with Crippen LogP contribution >= 0.6 is 0 Å². The standard InChI is InChI=1S/C16H20N2O5/c1-11(15(20)21)17-14(19)13-8-5-9-18(13)16(22)23-10-12-6-3-2-4-7-12/h2-4,6-7,11,13H,5,8-10H2,1H3,(H,17,19)(H,20,21). The van der Waals surface area contributed by atoms with E-state index in [2.05, 4.69) is 5.32 Å². The number of benzene rings is 1. The van der Waals surface area contributed by atoms with Crippen LogP contribution in [-0.2, 0) is 20.9 Å². The Balaban J connectivity index is 1.91. The number of nitrogens with one attached hydrogen (secondary N) is 1. The van der Waals surface area contributed by atoms with E-state index in [0.29, 0.717) is 19.4 Å². The lowest BCUT2D eigenvalue weighted by Crippen LogP contribution is -2.50. The number of carboxylic acids is 1. The van der Waals surface area contributed by atoms with Crippen molar-refractivity contribution in [2.75, 3.05) is 6.54 Å². The van der Waals surface area contributed by atoms with Crippen molar-refractivity contribution < 1.29 is 24.2 Å². The van der Waals surface area contributed by atoms with Gasteiger partial charge < -0.3 is 15.2 Å². The Labute approximate surface area is 134 Å². The number of hydrogen-bond acceptors (Lipinski definition) is 4. The molecule has 2 N–H and O–H groups in total. The van der Waals surface area contributed by atoms with E-state index >= 15 is 0 Å². The largest absolute Gasteiger partial charge is 0.480 e. The van der Waals surface area contributed by atoms with Crippen molar-refractivity contribution in [3.05, 3.63) is 35.9 Å². The maximum Gasteiger partial charge on any atom is 0.410 e. The molecule has 1 saturated heterocycles. The van der Waals surface area contributed by atoms with Crippen LogP contribution in [0.15, 0.2) is 30.3 Å². The average Bonchev–Trinajstić information content (AvgIpc) is 3.03. The molecule has 1 aliphatic heterocycles. The molecule has 1 aromatic rings. The highest BCUT2D eigenvalue weighted by atomic mass is 16.6. The number of likely N-dealkylation sites (tertiary alicyclic amines) is 1. The van der Waals surface area contributed by atoms with Gasteiger partial charge in [-0.2, -0.15) is 0 Å². The molecule has 124 valence electrons. The number of amides is 2. The van der Waals surface area contributed by atoms with Crippen molar-refractivity contribution >= 4 is 18.0 Å². The third-order valence-electron chi connectivity index (χ3n) is 3.72. The minimum atomic E-state index is -1.12. The molecule has 7 heteroatoms. The summed E-state index contributed by atoms with van der Waals surface area (Å²) in [7, 11) is 0. The summed E-state index contributed by atoms with van der Waals surface area (Å²) in [5.41, 5.74) is 0.862. The normalized spacial score (nSPS) is 18.3. The molecular formula is C16H20N2O5. The van der Waals surface area contributed by atoms with Crippen molar-refractivity contribution in [2.24, 2.45) is 0 Å². The monoisotopic (exact) mass is 320 g/mol. The molecular weight excluding hydrogens is 300 g/mol. The van der Waals surface area contributed by atoms with Crippen LogP contribution in [0.2, 0.25) is 0 Å². The quantitative estimate of drug-likeness (QED) is 0.854. The number of carboxylic acid groups (broad SMARTS) is 1. The van der Waals surface area contributed by atoms with Gasteiger partial charge in [-0.05, 0) is 25.3 Å². The minimum Gasteiger partial charge on any atom is -0.480 e. The first kappa shape index (κ1) is 16.8. The Morgan fingerprint density at radius 3 is 2.70 bits per heavy atom. The smallest absolute Gasteiger partial charge is 0.410 e. The third kappa shape index (κ3) is 4.45. The maximum absolute atomic E-state index is 12.2. The van der Waals surface area contributed by atoms with Crippen LogP contribution in [0.1, 0.15) is 25.3 Å². The molecule has 1 fully saturated rings. The summed E-state index contributed by atoms with van der Waals surface area (Å²) in [5, 5.41) is 11.2. The number of carbonyl (C=O) groups is 3. The van der Waals surface area contributed by atoms with E-state index < -0.39 is 30.1 Å². The molecule has 7 nitrogen and oxygen atoms in total. The van der Waals surface area contributed by atoms with Gasteiger partial charge in [0.05, 0.1) is 0 Å². The van der Waals surface area contributed by atoms with Crippen LogP contribution in [0.5, 0.6) is 0 Å². The molecule has 0 bridgehead atoms. The molecule has 0 aliphatic carbocycles. The van der Waals surface area contributed by atoms with Gasteiger partial charge in [0, 0.05) is 6.54 Å². The molecule has 2 rings (SSSR count). The van der Waals surface area contributed by atoms with Crippen molar-refractivity contribution in [2.45, 2.75) is 38.5 Å². The van der Waals surface area contributed by atoms with Gasteiger partial charge in [0.15, 0.2) is 0 Å². The molecule has 1 aromatic carbocycles. The van der Waals surface area contributed by atoms with E-state index in [1.54, 1.807) is 0 Å². The van der Waals surface area contributed by atoms with Crippen molar-refractivity contribution in [3.8, 4) is 0 Å². The predicted molar refractivity (Wildman–Crippen MR) is 81.6 cm³/mol. The summed E-state index contributed by atoms with van der Waals surface area (Å²) in [6.45, 7) is 1.94. The highest BCUT2D eigenvalue weighted by Crippen LogP contribution is 2.19. The van der Waals surface area contributed by atoms with Gasteiger partial charge in [0.25, 0.3) is 0 Å². The molecule has 0 saturated carbocycles. The summed E-state index contributed by atoms with van der Waals surface area (Å²) < 4.78 is 5.24. The number of rotatable bonds is 5. The van der Waals surface area contributed by atoms with Crippen molar-refractivity contribution in [1.29, 1.82) is 0 Å². The Hall–Kier alpha value is -2.57. The maximum atomic E-state index is 12.2. The fourth-order valence-electron chi connectivity index (χ4n) is 2.43. The molecule has 0 aromatic heterocycles. The zero-order chi connectivity index (χ0) is 16.8. The zero-order valence-electron chi connectivity index (χ0n) is 12.9. The van der Waals surface area contributed by atoms with E-state index in [9.17, 15) is 14.4 Å². The Kier molecular flexibility index (Phi) is 5.56. The van der Waals surface area contributed by atoms with E-state index in [4.69, 9.17) is 9.84 Å². The second kappa shape index (κ2) is 7.62. The molecule has 0 radical (unpaired) electrons. The number of nitrogens with zero attached hydrogens (tertiary/aromatic N) is 1. The highest BCUT2D eigenvalue weighted by Gasteiger charge is 2.36. The van der Waals surface area contributed by atoms with E-state index in [1.807, 2.05) is 30.3 Å². The van der Waals surface area contributed by atoms with Gasteiger partial charge in [0.2, 0.25) is 5.91 Å². The summed E-state index contributed by atoms with van der Waals surface area (Å²) in [4.78, 5) is 36.4. The topological polar surface area (TPSA) is 95.9 Å². The molecule has 1 heterocycles. The second-order valence-corrected chi connectivity index (χ2v) is 5.46. The molecule has 2 unspecified atom stereocenters. The van der Waals surface area contributed by atoms with Gasteiger partial charge in [-0.25, -0.2) is 4.79 Å². The van der Waals surface area contributed by atoms with Crippen LogP contribution in [0.4, 0.5) is 4.79 Å². The Bertz CT molecular complexity index is 575. The summed E-state index contributed by atoms with van der Waals surface area (Å²) in [6.07, 6.45) is 0.618. The first-order valence-electron chi connectivity index (χ1n) is 7.49. The SMILES string of the molecule is CC(NC(=O)C1CCCN1C(=O)OCc1ccccc1)C(=O)O. The van der Waals surface area contributed by atoms with Crippen molar-refractivity contribution in [3.63, 3.8) is 0 Å². The molecule has 0 spiro atoms. The molecule has 2 amide bonds. The van der Waals surface area contributed by atoms with E-state index in [1.165, 1.54) is 11.8 Å². The van der Waals surface area contributed by atoms with Crippen LogP contribution in [0, 0.1) is 0 Å². The fourth-order valence-corrected chi connectivity index (χ4v) is 2.43. The average molecular weight is 320 g/mol. The van der Waals surface area contributed by atoms with E-state index in [0.717, 1.165) is 5.56 Å². The number of aliphatic carboxylic acids is 1.